The first kappa shape index (κ1) is 13.5. The predicted octanol–water partition coefficient (Wildman–Crippen LogP) is 0.576. The van der Waals surface area contributed by atoms with Crippen LogP contribution in [0.3, 0.4) is 0 Å². The van der Waals surface area contributed by atoms with Crippen LogP contribution in [0.5, 0.6) is 0 Å². The van der Waals surface area contributed by atoms with Gasteiger partial charge in [0.2, 0.25) is 5.95 Å². The zero-order valence-electron chi connectivity index (χ0n) is 11.0. The molecule has 0 atom stereocenters. The Labute approximate surface area is 112 Å². The van der Waals surface area contributed by atoms with E-state index in [2.05, 4.69) is 20.0 Å². The molecule has 0 aromatic carbocycles. The molecular formula is C12H19N5O2. The van der Waals surface area contributed by atoms with Crippen molar-refractivity contribution in [1.29, 1.82) is 0 Å². The van der Waals surface area contributed by atoms with Gasteiger partial charge in [-0.05, 0) is 25.8 Å². The molecule has 1 saturated heterocycles. The predicted molar refractivity (Wildman–Crippen MR) is 71.4 cm³/mol. The molecular weight excluding hydrogens is 246 g/mol. The van der Waals surface area contributed by atoms with Gasteiger partial charge in [0.05, 0.1) is 6.10 Å². The molecule has 1 aliphatic heterocycles. The highest BCUT2D eigenvalue weighted by molar-refractivity contribution is 5.95. The fraction of sp³-hybridized carbons (Fsp3) is 0.583. The van der Waals surface area contributed by atoms with E-state index in [9.17, 15) is 0 Å². The molecule has 0 unspecified atom stereocenters. The average Bonchev–Trinajstić information content (AvgIpc) is 2.48. The summed E-state index contributed by atoms with van der Waals surface area (Å²) in [4.78, 5) is 10.6. The first-order valence-corrected chi connectivity index (χ1v) is 6.42. The van der Waals surface area contributed by atoms with Crippen molar-refractivity contribution in [2.24, 2.45) is 10.9 Å². The Bertz CT molecular complexity index is 444. The Hall–Kier alpha value is -1.89. The molecule has 2 rings (SSSR count). The van der Waals surface area contributed by atoms with Crippen LogP contribution >= 0.6 is 0 Å². The number of oxime groups is 1. The number of nitrogens with zero attached hydrogens (tertiary/aromatic N) is 4. The summed E-state index contributed by atoms with van der Waals surface area (Å²) < 4.78 is 5.61. The third kappa shape index (κ3) is 3.31. The maximum absolute atomic E-state index is 8.66. The van der Waals surface area contributed by atoms with Crippen LogP contribution in [0, 0.1) is 0 Å². The van der Waals surface area contributed by atoms with Gasteiger partial charge in [-0.1, -0.05) is 5.16 Å². The van der Waals surface area contributed by atoms with Crippen LogP contribution in [0.1, 0.15) is 25.5 Å². The van der Waals surface area contributed by atoms with Crippen LogP contribution in [0.15, 0.2) is 17.4 Å². The van der Waals surface area contributed by atoms with Gasteiger partial charge in [-0.3, -0.25) is 0 Å². The Balaban J connectivity index is 2.03. The first-order chi connectivity index (χ1) is 9.24. The van der Waals surface area contributed by atoms with E-state index in [0.717, 1.165) is 32.5 Å². The molecule has 19 heavy (non-hydrogen) atoms. The summed E-state index contributed by atoms with van der Waals surface area (Å²) in [5.74, 6) is 0.604. The molecule has 2 heterocycles. The Morgan fingerprint density at radius 3 is 2.95 bits per heavy atom. The van der Waals surface area contributed by atoms with E-state index in [1.807, 2.05) is 6.92 Å². The van der Waals surface area contributed by atoms with Crippen molar-refractivity contribution in [2.45, 2.75) is 25.9 Å². The van der Waals surface area contributed by atoms with Gasteiger partial charge in [-0.2, -0.15) is 0 Å². The number of anilines is 1. The second kappa shape index (κ2) is 6.33. The summed E-state index contributed by atoms with van der Waals surface area (Å²) in [6, 6.07) is 1.62. The molecule has 7 heteroatoms. The minimum Gasteiger partial charge on any atom is -0.409 e. The molecule has 1 aromatic rings. The van der Waals surface area contributed by atoms with E-state index in [1.165, 1.54) is 0 Å². The zero-order valence-corrected chi connectivity index (χ0v) is 11.0. The standard InChI is InChI=1S/C12H19N5O2/c1-2-19-9-4-7-17(8-5-9)12-14-6-3-10(15-12)11(13)16-18/h3,6,9,18H,2,4-5,7-8H2,1H3,(H2,13,16). The van der Waals surface area contributed by atoms with Crippen molar-refractivity contribution in [1.82, 2.24) is 9.97 Å². The lowest BCUT2D eigenvalue weighted by Crippen LogP contribution is -2.38. The maximum atomic E-state index is 8.66. The number of aromatic nitrogens is 2. The lowest BCUT2D eigenvalue weighted by molar-refractivity contribution is 0.0457. The van der Waals surface area contributed by atoms with E-state index in [-0.39, 0.29) is 5.84 Å². The molecule has 0 aliphatic carbocycles. The topological polar surface area (TPSA) is 96.9 Å². The Morgan fingerprint density at radius 2 is 2.32 bits per heavy atom. The van der Waals surface area contributed by atoms with Gasteiger partial charge >= 0.3 is 0 Å². The van der Waals surface area contributed by atoms with E-state index in [1.54, 1.807) is 12.3 Å². The minimum atomic E-state index is -0.00662. The maximum Gasteiger partial charge on any atom is 0.225 e. The van der Waals surface area contributed by atoms with Crippen molar-refractivity contribution in [3.8, 4) is 0 Å². The van der Waals surface area contributed by atoms with Gasteiger partial charge in [0.25, 0.3) is 0 Å². The molecule has 0 radical (unpaired) electrons. The smallest absolute Gasteiger partial charge is 0.225 e. The van der Waals surface area contributed by atoms with E-state index < -0.39 is 0 Å². The molecule has 0 spiro atoms. The van der Waals surface area contributed by atoms with Crippen LogP contribution in [0.4, 0.5) is 5.95 Å². The number of nitrogens with two attached hydrogens (primary N) is 1. The third-order valence-electron chi connectivity index (χ3n) is 3.14. The van der Waals surface area contributed by atoms with Crippen LogP contribution in [0.2, 0.25) is 0 Å². The number of amidine groups is 1. The van der Waals surface area contributed by atoms with E-state index >= 15 is 0 Å². The summed E-state index contributed by atoms with van der Waals surface area (Å²) in [6.07, 6.45) is 3.87. The van der Waals surface area contributed by atoms with Crippen molar-refractivity contribution < 1.29 is 9.94 Å². The normalized spacial score (nSPS) is 17.7. The molecule has 7 nitrogen and oxygen atoms in total. The lowest BCUT2D eigenvalue weighted by Gasteiger charge is -2.31. The number of piperidine rings is 1. The van der Waals surface area contributed by atoms with Crippen LogP contribution in [0.25, 0.3) is 0 Å². The van der Waals surface area contributed by atoms with E-state index in [0.29, 0.717) is 17.7 Å². The monoisotopic (exact) mass is 265 g/mol. The quantitative estimate of drug-likeness (QED) is 0.358. The molecule has 1 aromatic heterocycles. The second-order valence-electron chi connectivity index (χ2n) is 4.37. The van der Waals surface area contributed by atoms with Gasteiger partial charge in [0.1, 0.15) is 5.69 Å². The Kier molecular flexibility index (Phi) is 4.51. The van der Waals surface area contributed by atoms with Crippen LogP contribution in [-0.4, -0.2) is 46.8 Å². The molecule has 1 fully saturated rings. The number of rotatable bonds is 4. The highest BCUT2D eigenvalue weighted by atomic mass is 16.5. The van der Waals surface area contributed by atoms with Crippen LogP contribution < -0.4 is 10.6 Å². The second-order valence-corrected chi connectivity index (χ2v) is 4.37. The van der Waals surface area contributed by atoms with Gasteiger partial charge in [0.15, 0.2) is 5.84 Å². The highest BCUT2D eigenvalue weighted by Gasteiger charge is 2.21. The Morgan fingerprint density at radius 1 is 1.58 bits per heavy atom. The van der Waals surface area contributed by atoms with Gasteiger partial charge in [-0.15, -0.1) is 0 Å². The summed E-state index contributed by atoms with van der Waals surface area (Å²) in [6.45, 7) is 4.46. The van der Waals surface area contributed by atoms with Gasteiger partial charge < -0.3 is 20.6 Å². The van der Waals surface area contributed by atoms with Gasteiger partial charge in [-0.25, -0.2) is 9.97 Å². The molecule has 0 amide bonds. The first-order valence-electron chi connectivity index (χ1n) is 6.42. The van der Waals surface area contributed by atoms with Gasteiger partial charge in [0, 0.05) is 25.9 Å². The SMILES string of the molecule is CCOC1CCN(c2nccc(/C(N)=N/O)n2)CC1. The third-order valence-corrected chi connectivity index (χ3v) is 3.14. The molecule has 1 aliphatic rings. The largest absolute Gasteiger partial charge is 0.409 e. The van der Waals surface area contributed by atoms with Crippen molar-refractivity contribution in [3.05, 3.63) is 18.0 Å². The van der Waals surface area contributed by atoms with Crippen molar-refractivity contribution in [2.75, 3.05) is 24.6 Å². The minimum absolute atomic E-state index is 0.00662. The summed E-state index contributed by atoms with van der Waals surface area (Å²) in [5.41, 5.74) is 5.96. The molecule has 104 valence electrons. The molecule has 0 bridgehead atoms. The summed E-state index contributed by atoms with van der Waals surface area (Å²) in [5, 5.41) is 11.6. The number of ether oxygens (including phenoxy) is 1. The fourth-order valence-electron chi connectivity index (χ4n) is 2.15. The summed E-state index contributed by atoms with van der Waals surface area (Å²) in [7, 11) is 0. The van der Waals surface area contributed by atoms with E-state index in [4.69, 9.17) is 15.7 Å². The van der Waals surface area contributed by atoms with Crippen LogP contribution in [-0.2, 0) is 4.74 Å². The van der Waals surface area contributed by atoms with Crippen molar-refractivity contribution in [3.63, 3.8) is 0 Å². The number of hydrogen-bond donors (Lipinski definition) is 2. The molecule has 3 N–H and O–H groups in total. The van der Waals surface area contributed by atoms with Crippen molar-refractivity contribution >= 4 is 11.8 Å². The summed E-state index contributed by atoms with van der Waals surface area (Å²) >= 11 is 0. The molecule has 0 saturated carbocycles. The lowest BCUT2D eigenvalue weighted by atomic mass is 10.1. The number of hydrogen-bond acceptors (Lipinski definition) is 6. The zero-order chi connectivity index (χ0) is 13.7. The average molecular weight is 265 g/mol. The fourth-order valence-corrected chi connectivity index (χ4v) is 2.15. The highest BCUT2D eigenvalue weighted by Crippen LogP contribution is 2.18.